The molecule has 0 saturated carbocycles. The molecule has 1 aliphatic heterocycles. The number of ether oxygens (including phenoxy) is 1. The van der Waals surface area contributed by atoms with Crippen molar-refractivity contribution >= 4 is 17.3 Å². The number of nitro benzene ring substituents is 1. The molecule has 166 valence electrons. The number of nitro groups is 1. The smallest absolute Gasteiger partial charge is 0.416 e. The van der Waals surface area contributed by atoms with E-state index >= 15 is 0 Å². The molecule has 2 aromatic rings. The molecule has 1 aliphatic rings. The molecule has 0 aliphatic carbocycles. The van der Waals surface area contributed by atoms with E-state index in [1.54, 1.807) is 4.90 Å². The molecule has 1 heterocycles. The molecule has 7 nitrogen and oxygen atoms in total. The maximum absolute atomic E-state index is 12.8. The van der Waals surface area contributed by atoms with Gasteiger partial charge in [-0.2, -0.15) is 13.2 Å². The molecule has 31 heavy (non-hydrogen) atoms. The molecule has 0 radical (unpaired) electrons. The molecule has 3 rings (SSSR count). The number of carbonyl (C=O) groups is 1. The van der Waals surface area contributed by atoms with E-state index in [1.165, 1.54) is 0 Å². The van der Waals surface area contributed by atoms with Crippen molar-refractivity contribution in [3.05, 3.63) is 63.2 Å². The summed E-state index contributed by atoms with van der Waals surface area (Å²) in [5, 5.41) is 13.9. The van der Waals surface area contributed by atoms with Crippen molar-refractivity contribution < 1.29 is 27.6 Å². The van der Waals surface area contributed by atoms with Crippen LogP contribution in [-0.2, 0) is 23.9 Å². The van der Waals surface area contributed by atoms with Crippen molar-refractivity contribution in [2.24, 2.45) is 0 Å². The number of nitrogens with zero attached hydrogens (tertiary/aromatic N) is 2. The number of halogens is 3. The minimum atomic E-state index is -4.67. The molecular weight excluding hydrogens is 415 g/mol. The van der Waals surface area contributed by atoms with Crippen molar-refractivity contribution in [3.63, 3.8) is 0 Å². The van der Waals surface area contributed by atoms with Crippen molar-refractivity contribution in [1.82, 2.24) is 4.90 Å². The first-order chi connectivity index (χ1) is 14.7. The van der Waals surface area contributed by atoms with Crippen LogP contribution in [-0.4, -0.2) is 35.4 Å². The molecule has 0 bridgehead atoms. The number of carbonyl (C=O) groups excluding carboxylic acids is 1. The zero-order chi connectivity index (χ0) is 22.6. The Bertz CT molecular complexity index is 979. The summed E-state index contributed by atoms with van der Waals surface area (Å²) in [4.78, 5) is 24.6. The van der Waals surface area contributed by atoms with Crippen LogP contribution in [0.15, 0.2) is 36.4 Å². The van der Waals surface area contributed by atoms with Gasteiger partial charge in [-0.1, -0.05) is 6.07 Å². The highest BCUT2D eigenvalue weighted by Crippen LogP contribution is 2.35. The first-order valence-corrected chi connectivity index (χ1v) is 9.81. The number of anilines is 1. The van der Waals surface area contributed by atoms with Gasteiger partial charge in [0, 0.05) is 32.1 Å². The molecule has 1 N–H and O–H groups in total. The van der Waals surface area contributed by atoms with Crippen LogP contribution in [0.1, 0.15) is 30.0 Å². The highest BCUT2D eigenvalue weighted by Gasteiger charge is 2.33. The van der Waals surface area contributed by atoms with Gasteiger partial charge in [0.15, 0.2) is 0 Å². The number of fused-ring (bicyclic) bond motifs is 1. The molecular formula is C21H22F3N3O4. The van der Waals surface area contributed by atoms with Crippen molar-refractivity contribution in [1.29, 1.82) is 0 Å². The molecule has 0 unspecified atom stereocenters. The van der Waals surface area contributed by atoms with E-state index in [1.807, 2.05) is 25.1 Å². The zero-order valence-electron chi connectivity index (χ0n) is 16.9. The largest absolute Gasteiger partial charge is 0.494 e. The summed E-state index contributed by atoms with van der Waals surface area (Å²) in [6.45, 7) is 3.50. The number of nitrogens with one attached hydrogen (secondary N) is 1. The third-order valence-corrected chi connectivity index (χ3v) is 5.03. The maximum Gasteiger partial charge on any atom is 0.416 e. The van der Waals surface area contributed by atoms with E-state index in [-0.39, 0.29) is 24.6 Å². The van der Waals surface area contributed by atoms with Gasteiger partial charge in [0.2, 0.25) is 5.91 Å². The third-order valence-electron chi connectivity index (χ3n) is 5.03. The summed E-state index contributed by atoms with van der Waals surface area (Å²) in [5.41, 5.74) is 0.330. The molecule has 0 atom stereocenters. The Kier molecular flexibility index (Phi) is 6.67. The highest BCUT2D eigenvalue weighted by molar-refractivity contribution is 5.77. The zero-order valence-corrected chi connectivity index (χ0v) is 16.9. The SMILES string of the molecule is CCOc1ccc2c(c1)CN(C(=O)CCNc1ccc(C(F)(F)F)cc1[N+](=O)[O-])CC2. The summed E-state index contributed by atoms with van der Waals surface area (Å²) < 4.78 is 43.9. The van der Waals surface area contributed by atoms with Gasteiger partial charge in [-0.3, -0.25) is 14.9 Å². The Hall–Kier alpha value is -3.30. The van der Waals surface area contributed by atoms with E-state index in [4.69, 9.17) is 4.74 Å². The Morgan fingerprint density at radius 3 is 2.68 bits per heavy atom. The van der Waals surface area contributed by atoms with E-state index in [9.17, 15) is 28.1 Å². The van der Waals surface area contributed by atoms with E-state index in [0.29, 0.717) is 32.2 Å². The lowest BCUT2D eigenvalue weighted by Crippen LogP contribution is -2.36. The number of alkyl halides is 3. The standard InChI is InChI=1S/C21H22F3N3O4/c1-2-31-17-5-3-14-8-10-26(13-15(14)11-17)20(28)7-9-25-18-6-4-16(21(22,23)24)12-19(18)27(29)30/h3-6,11-12,25H,2,7-10,13H2,1H3. The van der Waals surface area contributed by atoms with Crippen LogP contribution < -0.4 is 10.1 Å². The number of amides is 1. The normalized spacial score (nSPS) is 13.5. The monoisotopic (exact) mass is 437 g/mol. The minimum Gasteiger partial charge on any atom is -0.494 e. The summed E-state index contributed by atoms with van der Waals surface area (Å²) >= 11 is 0. The van der Waals surface area contributed by atoms with Crippen LogP contribution in [0.3, 0.4) is 0 Å². The van der Waals surface area contributed by atoms with Gasteiger partial charge in [0.25, 0.3) is 5.69 Å². The summed E-state index contributed by atoms with van der Waals surface area (Å²) in [6, 6.07) is 8.09. The second-order valence-corrected chi connectivity index (χ2v) is 7.09. The lowest BCUT2D eigenvalue weighted by molar-refractivity contribution is -0.384. The summed E-state index contributed by atoms with van der Waals surface area (Å²) in [6.07, 6.45) is -3.91. The maximum atomic E-state index is 12.8. The van der Waals surface area contributed by atoms with E-state index < -0.39 is 22.4 Å². The molecule has 10 heteroatoms. The lowest BCUT2D eigenvalue weighted by Gasteiger charge is -2.29. The minimum absolute atomic E-state index is 0.0542. The average molecular weight is 437 g/mol. The molecule has 1 amide bonds. The third kappa shape index (κ3) is 5.44. The highest BCUT2D eigenvalue weighted by atomic mass is 19.4. The van der Waals surface area contributed by atoms with Gasteiger partial charge in [-0.25, -0.2) is 0 Å². The number of rotatable bonds is 7. The van der Waals surface area contributed by atoms with Crippen molar-refractivity contribution in [3.8, 4) is 5.75 Å². The van der Waals surface area contributed by atoms with Crippen LogP contribution in [0.2, 0.25) is 0 Å². The Morgan fingerprint density at radius 1 is 1.23 bits per heavy atom. The first kappa shape index (κ1) is 22.4. The van der Waals surface area contributed by atoms with Crippen LogP contribution >= 0.6 is 0 Å². The van der Waals surface area contributed by atoms with Gasteiger partial charge in [-0.05, 0) is 48.7 Å². The Labute approximate surface area is 177 Å². The van der Waals surface area contributed by atoms with Gasteiger partial charge in [-0.15, -0.1) is 0 Å². The quantitative estimate of drug-likeness (QED) is 0.513. The molecule has 2 aromatic carbocycles. The molecule has 0 spiro atoms. The number of hydrogen-bond donors (Lipinski definition) is 1. The Balaban J connectivity index is 1.60. The van der Waals surface area contributed by atoms with Gasteiger partial charge >= 0.3 is 6.18 Å². The van der Waals surface area contributed by atoms with Gasteiger partial charge < -0.3 is 15.0 Å². The van der Waals surface area contributed by atoms with Crippen LogP contribution in [0.4, 0.5) is 24.5 Å². The molecule has 0 saturated heterocycles. The fourth-order valence-electron chi connectivity index (χ4n) is 3.47. The number of benzene rings is 2. The van der Waals surface area contributed by atoms with Crippen molar-refractivity contribution in [2.45, 2.75) is 32.5 Å². The predicted molar refractivity (Wildman–Crippen MR) is 108 cm³/mol. The van der Waals surface area contributed by atoms with Crippen molar-refractivity contribution in [2.75, 3.05) is 25.0 Å². The fourth-order valence-corrected chi connectivity index (χ4v) is 3.47. The van der Waals surface area contributed by atoms with E-state index in [0.717, 1.165) is 29.0 Å². The summed E-state index contributed by atoms with van der Waals surface area (Å²) in [5.74, 6) is 0.598. The molecule has 0 fully saturated rings. The van der Waals surface area contributed by atoms with Crippen LogP contribution in [0, 0.1) is 10.1 Å². The first-order valence-electron chi connectivity index (χ1n) is 9.81. The van der Waals surface area contributed by atoms with E-state index in [2.05, 4.69) is 5.32 Å². The average Bonchev–Trinajstić information content (AvgIpc) is 2.72. The Morgan fingerprint density at radius 2 is 2.00 bits per heavy atom. The molecule has 0 aromatic heterocycles. The van der Waals surface area contributed by atoms with Gasteiger partial charge in [0.05, 0.1) is 17.1 Å². The lowest BCUT2D eigenvalue weighted by atomic mass is 9.99. The van der Waals surface area contributed by atoms with Crippen LogP contribution in [0.5, 0.6) is 5.75 Å². The van der Waals surface area contributed by atoms with Gasteiger partial charge in [0.1, 0.15) is 11.4 Å². The second-order valence-electron chi connectivity index (χ2n) is 7.09. The fraction of sp³-hybridized carbons (Fsp3) is 0.381. The van der Waals surface area contributed by atoms with Crippen LogP contribution in [0.25, 0.3) is 0 Å². The number of hydrogen-bond acceptors (Lipinski definition) is 5. The second kappa shape index (κ2) is 9.23. The predicted octanol–water partition coefficient (Wildman–Crippen LogP) is 4.40. The summed E-state index contributed by atoms with van der Waals surface area (Å²) in [7, 11) is 0. The topological polar surface area (TPSA) is 84.7 Å².